The van der Waals surface area contributed by atoms with Gasteiger partial charge in [0.1, 0.15) is 0 Å². The first-order valence-electron chi connectivity index (χ1n) is 4.53. The van der Waals surface area contributed by atoms with Crippen LogP contribution in [0.2, 0.25) is 5.02 Å². The van der Waals surface area contributed by atoms with Crippen LogP contribution in [0.15, 0.2) is 22.9 Å². The SMILES string of the molecule is Nc1nn(-c2ncc(C(F)(F)F)cc2Cl)cc1Br. The predicted octanol–water partition coefficient (Wildman–Crippen LogP) is 3.28. The smallest absolute Gasteiger partial charge is 0.381 e. The molecule has 96 valence electrons. The summed E-state index contributed by atoms with van der Waals surface area (Å²) in [6, 6.07) is 0.787. The van der Waals surface area contributed by atoms with Gasteiger partial charge < -0.3 is 5.73 Å². The maximum Gasteiger partial charge on any atom is 0.417 e. The minimum atomic E-state index is -4.49. The number of hydrogen-bond donors (Lipinski definition) is 1. The highest BCUT2D eigenvalue weighted by molar-refractivity contribution is 9.10. The zero-order chi connectivity index (χ0) is 13.5. The van der Waals surface area contributed by atoms with Gasteiger partial charge in [0.25, 0.3) is 0 Å². The number of anilines is 1. The summed E-state index contributed by atoms with van der Waals surface area (Å²) < 4.78 is 39.0. The minimum Gasteiger partial charge on any atom is -0.381 e. The second kappa shape index (κ2) is 4.43. The Labute approximate surface area is 113 Å². The molecule has 2 rings (SSSR count). The van der Waals surface area contributed by atoms with Crippen LogP contribution >= 0.6 is 27.5 Å². The van der Waals surface area contributed by atoms with E-state index in [-0.39, 0.29) is 16.7 Å². The third-order valence-electron chi connectivity index (χ3n) is 2.06. The summed E-state index contributed by atoms with van der Waals surface area (Å²) in [5.41, 5.74) is 4.58. The van der Waals surface area contributed by atoms with Gasteiger partial charge >= 0.3 is 6.18 Å². The Hall–Kier alpha value is -1.28. The van der Waals surface area contributed by atoms with Crippen LogP contribution in [0.4, 0.5) is 19.0 Å². The van der Waals surface area contributed by atoms with Crippen LogP contribution in [0.5, 0.6) is 0 Å². The van der Waals surface area contributed by atoms with Gasteiger partial charge in [0.05, 0.1) is 15.1 Å². The lowest BCUT2D eigenvalue weighted by atomic mass is 10.3. The van der Waals surface area contributed by atoms with E-state index in [1.165, 1.54) is 10.9 Å². The number of halogens is 5. The van der Waals surface area contributed by atoms with Crippen molar-refractivity contribution in [1.29, 1.82) is 0 Å². The number of nitrogens with zero attached hydrogens (tertiary/aromatic N) is 3. The van der Waals surface area contributed by atoms with Crippen LogP contribution in [-0.2, 0) is 6.18 Å². The molecule has 4 nitrogen and oxygen atoms in total. The molecule has 0 fully saturated rings. The molecule has 0 aliphatic heterocycles. The van der Waals surface area contributed by atoms with Gasteiger partial charge in [-0.2, -0.15) is 13.2 Å². The topological polar surface area (TPSA) is 56.7 Å². The normalized spacial score (nSPS) is 11.8. The van der Waals surface area contributed by atoms with Crippen molar-refractivity contribution >= 4 is 33.3 Å². The zero-order valence-electron chi connectivity index (χ0n) is 8.54. The molecule has 2 aromatic rings. The number of alkyl halides is 3. The van der Waals surface area contributed by atoms with Gasteiger partial charge in [-0.15, -0.1) is 5.10 Å². The molecule has 0 spiro atoms. The van der Waals surface area contributed by atoms with Crippen molar-refractivity contribution in [2.45, 2.75) is 6.18 Å². The van der Waals surface area contributed by atoms with Crippen molar-refractivity contribution in [2.75, 3.05) is 5.73 Å². The van der Waals surface area contributed by atoms with E-state index in [9.17, 15) is 13.2 Å². The lowest BCUT2D eigenvalue weighted by molar-refractivity contribution is -0.137. The van der Waals surface area contributed by atoms with Crippen LogP contribution in [0.25, 0.3) is 5.82 Å². The summed E-state index contributed by atoms with van der Waals surface area (Å²) >= 11 is 8.88. The summed E-state index contributed by atoms with van der Waals surface area (Å²) in [5, 5.41) is 3.69. The standard InChI is InChI=1S/C9H5BrClF3N4/c10-5-3-18(17-7(5)15)8-6(11)1-4(2-16-8)9(12,13)14/h1-3H,(H2,15,17). The highest BCUT2D eigenvalue weighted by Crippen LogP contribution is 2.32. The van der Waals surface area contributed by atoms with E-state index in [1.54, 1.807) is 0 Å². The van der Waals surface area contributed by atoms with Crippen molar-refractivity contribution in [3.8, 4) is 5.82 Å². The first kappa shape index (κ1) is 13.2. The van der Waals surface area contributed by atoms with Crippen molar-refractivity contribution in [3.63, 3.8) is 0 Å². The number of pyridine rings is 1. The van der Waals surface area contributed by atoms with Crippen molar-refractivity contribution in [3.05, 3.63) is 33.5 Å². The summed E-state index contributed by atoms with van der Waals surface area (Å²) in [7, 11) is 0. The highest BCUT2D eigenvalue weighted by atomic mass is 79.9. The first-order chi connectivity index (χ1) is 8.29. The molecule has 0 aromatic carbocycles. The molecule has 18 heavy (non-hydrogen) atoms. The summed E-state index contributed by atoms with van der Waals surface area (Å²) in [6.45, 7) is 0. The molecule has 2 aromatic heterocycles. The van der Waals surface area contributed by atoms with Gasteiger partial charge in [0, 0.05) is 12.4 Å². The van der Waals surface area contributed by atoms with Gasteiger partial charge in [-0.1, -0.05) is 11.6 Å². The van der Waals surface area contributed by atoms with Crippen LogP contribution in [0.3, 0.4) is 0 Å². The number of aromatic nitrogens is 3. The third-order valence-corrected chi connectivity index (χ3v) is 2.95. The Morgan fingerprint density at radius 1 is 1.39 bits per heavy atom. The summed E-state index contributed by atoms with van der Waals surface area (Å²) in [4.78, 5) is 3.64. The van der Waals surface area contributed by atoms with Crippen molar-refractivity contribution in [2.24, 2.45) is 0 Å². The second-order valence-corrected chi connectivity index (χ2v) is 4.60. The largest absolute Gasteiger partial charge is 0.417 e. The van der Waals surface area contributed by atoms with Crippen LogP contribution in [0, 0.1) is 0 Å². The fraction of sp³-hybridized carbons (Fsp3) is 0.111. The van der Waals surface area contributed by atoms with Gasteiger partial charge in [0.15, 0.2) is 11.6 Å². The van der Waals surface area contributed by atoms with Crippen LogP contribution in [0.1, 0.15) is 5.56 Å². The summed E-state index contributed by atoms with van der Waals surface area (Å²) in [6.07, 6.45) is -2.34. The van der Waals surface area contributed by atoms with Crippen molar-refractivity contribution < 1.29 is 13.2 Å². The number of rotatable bonds is 1. The van der Waals surface area contributed by atoms with Gasteiger partial charge in [-0.25, -0.2) is 9.67 Å². The molecule has 9 heteroatoms. The number of nitrogen functional groups attached to an aromatic ring is 1. The molecule has 0 unspecified atom stereocenters. The van der Waals surface area contributed by atoms with E-state index in [4.69, 9.17) is 17.3 Å². The molecular weight excluding hydrogens is 336 g/mol. The quantitative estimate of drug-likeness (QED) is 0.866. The molecule has 0 saturated heterocycles. The zero-order valence-corrected chi connectivity index (χ0v) is 10.9. The maximum atomic E-state index is 12.4. The molecule has 2 heterocycles. The van der Waals surface area contributed by atoms with Crippen LogP contribution in [-0.4, -0.2) is 14.8 Å². The predicted molar refractivity (Wildman–Crippen MR) is 63.5 cm³/mol. The molecule has 0 saturated carbocycles. The van der Waals surface area contributed by atoms with Crippen molar-refractivity contribution in [1.82, 2.24) is 14.8 Å². The average molecular weight is 342 g/mol. The Morgan fingerprint density at radius 2 is 2.06 bits per heavy atom. The Morgan fingerprint density at radius 3 is 2.50 bits per heavy atom. The minimum absolute atomic E-state index is 0.0714. The molecule has 0 amide bonds. The first-order valence-corrected chi connectivity index (χ1v) is 5.70. The summed E-state index contributed by atoms with van der Waals surface area (Å²) in [5.74, 6) is 0.259. The second-order valence-electron chi connectivity index (χ2n) is 3.33. The molecule has 0 aliphatic rings. The van der Waals surface area contributed by atoms with E-state index < -0.39 is 11.7 Å². The lowest BCUT2D eigenvalue weighted by Gasteiger charge is -2.08. The third kappa shape index (κ3) is 2.44. The van der Waals surface area contributed by atoms with Crippen LogP contribution < -0.4 is 5.73 Å². The van der Waals surface area contributed by atoms with E-state index in [1.807, 2.05) is 0 Å². The molecule has 0 bridgehead atoms. The Kier molecular flexibility index (Phi) is 3.24. The number of nitrogens with two attached hydrogens (primary N) is 1. The monoisotopic (exact) mass is 340 g/mol. The maximum absolute atomic E-state index is 12.4. The Bertz CT molecular complexity index is 576. The van der Waals surface area contributed by atoms with E-state index in [0.717, 1.165) is 6.07 Å². The molecule has 0 atom stereocenters. The molecular formula is C9H5BrClF3N4. The molecule has 0 aliphatic carbocycles. The Balaban J connectivity index is 2.48. The average Bonchev–Trinajstić information content (AvgIpc) is 2.57. The lowest BCUT2D eigenvalue weighted by Crippen LogP contribution is -2.08. The fourth-order valence-corrected chi connectivity index (χ4v) is 1.76. The van der Waals surface area contributed by atoms with E-state index in [2.05, 4.69) is 26.0 Å². The van der Waals surface area contributed by atoms with Gasteiger partial charge in [0.2, 0.25) is 0 Å². The number of hydrogen-bond acceptors (Lipinski definition) is 3. The van der Waals surface area contributed by atoms with E-state index >= 15 is 0 Å². The van der Waals surface area contributed by atoms with Gasteiger partial charge in [-0.3, -0.25) is 0 Å². The van der Waals surface area contributed by atoms with E-state index in [0.29, 0.717) is 10.7 Å². The van der Waals surface area contributed by atoms with Gasteiger partial charge in [-0.05, 0) is 22.0 Å². The molecule has 0 radical (unpaired) electrons. The molecule has 2 N–H and O–H groups in total. The highest BCUT2D eigenvalue weighted by Gasteiger charge is 2.31. The fourth-order valence-electron chi connectivity index (χ4n) is 1.23.